The molecule has 3 nitrogen and oxygen atoms in total. The van der Waals surface area contributed by atoms with Crippen molar-refractivity contribution < 1.29 is 0 Å². The molecule has 0 saturated heterocycles. The first-order valence-electron chi connectivity index (χ1n) is 4.88. The van der Waals surface area contributed by atoms with Crippen LogP contribution in [0.15, 0.2) is 17.5 Å². The number of pyridine rings is 1. The Bertz CT molecular complexity index is 482. The van der Waals surface area contributed by atoms with Crippen molar-refractivity contribution in [1.29, 1.82) is 0 Å². The predicted octanol–water partition coefficient (Wildman–Crippen LogP) is 2.88. The lowest BCUT2D eigenvalue weighted by Gasteiger charge is -2.21. The molecule has 2 heterocycles. The molecule has 0 aromatic carbocycles. The first-order chi connectivity index (χ1) is 7.02. The third-order valence-corrected chi connectivity index (χ3v) is 3.23. The molecule has 0 fully saturated rings. The van der Waals surface area contributed by atoms with Crippen molar-refractivity contribution in [3.8, 4) is 0 Å². The average Bonchev–Trinajstić information content (AvgIpc) is 2.60. The van der Waals surface area contributed by atoms with E-state index < -0.39 is 0 Å². The third-order valence-electron chi connectivity index (χ3n) is 2.38. The van der Waals surface area contributed by atoms with Crippen LogP contribution >= 0.6 is 11.3 Å². The number of aromatic nitrogens is 1. The van der Waals surface area contributed by atoms with Gasteiger partial charge in [-0.05, 0) is 22.9 Å². The summed E-state index contributed by atoms with van der Waals surface area (Å²) < 4.78 is 1.21. The van der Waals surface area contributed by atoms with Gasteiger partial charge in [-0.2, -0.15) is 0 Å². The second kappa shape index (κ2) is 3.47. The predicted molar refractivity (Wildman–Crippen MR) is 66.1 cm³/mol. The quantitative estimate of drug-likeness (QED) is 0.575. The van der Waals surface area contributed by atoms with Gasteiger partial charge in [-0.25, -0.2) is 10.8 Å². The number of nitrogens with one attached hydrogen (secondary N) is 1. The fourth-order valence-corrected chi connectivity index (χ4v) is 2.34. The van der Waals surface area contributed by atoms with E-state index in [1.807, 2.05) is 11.4 Å². The Balaban J connectivity index is 2.70. The molecular weight excluding hydrogens is 206 g/mol. The Morgan fingerprint density at radius 1 is 1.40 bits per heavy atom. The van der Waals surface area contributed by atoms with Crippen LogP contribution in [-0.4, -0.2) is 4.98 Å². The molecule has 2 aromatic heterocycles. The highest BCUT2D eigenvalue weighted by atomic mass is 32.1. The standard InChI is InChI=1S/C11H15N3S/c1-11(2,3)7-6-9-8(4-5-15-9)13-10(7)14-12/h4-6H,12H2,1-3H3,(H,13,14). The SMILES string of the molecule is CC(C)(C)c1cc2sccc2nc1NN. The molecule has 0 unspecified atom stereocenters. The van der Waals surface area contributed by atoms with Crippen LogP contribution in [0.1, 0.15) is 26.3 Å². The average molecular weight is 221 g/mol. The van der Waals surface area contributed by atoms with Gasteiger partial charge in [0.25, 0.3) is 0 Å². The topological polar surface area (TPSA) is 50.9 Å². The van der Waals surface area contributed by atoms with Gasteiger partial charge in [0.05, 0.1) is 10.2 Å². The van der Waals surface area contributed by atoms with E-state index in [4.69, 9.17) is 5.84 Å². The van der Waals surface area contributed by atoms with E-state index in [1.165, 1.54) is 4.70 Å². The van der Waals surface area contributed by atoms with E-state index in [0.29, 0.717) is 0 Å². The number of hydrogen-bond donors (Lipinski definition) is 2. The maximum absolute atomic E-state index is 5.50. The first-order valence-corrected chi connectivity index (χ1v) is 5.75. The van der Waals surface area contributed by atoms with E-state index >= 15 is 0 Å². The zero-order chi connectivity index (χ0) is 11.1. The first kappa shape index (κ1) is 10.4. The fraction of sp³-hybridized carbons (Fsp3) is 0.364. The lowest BCUT2D eigenvalue weighted by molar-refractivity contribution is 0.590. The molecule has 0 saturated carbocycles. The van der Waals surface area contributed by atoms with Crippen LogP contribution in [-0.2, 0) is 5.41 Å². The van der Waals surface area contributed by atoms with E-state index in [0.717, 1.165) is 16.9 Å². The fourth-order valence-electron chi connectivity index (χ4n) is 1.58. The van der Waals surface area contributed by atoms with Gasteiger partial charge >= 0.3 is 0 Å². The van der Waals surface area contributed by atoms with Gasteiger partial charge in [0.15, 0.2) is 0 Å². The minimum Gasteiger partial charge on any atom is -0.308 e. The summed E-state index contributed by atoms with van der Waals surface area (Å²) in [6, 6.07) is 4.18. The molecule has 80 valence electrons. The van der Waals surface area contributed by atoms with Crippen LogP contribution < -0.4 is 11.3 Å². The van der Waals surface area contributed by atoms with Crippen LogP contribution in [0.3, 0.4) is 0 Å². The van der Waals surface area contributed by atoms with Crippen molar-refractivity contribution in [2.75, 3.05) is 5.43 Å². The van der Waals surface area contributed by atoms with E-state index in [9.17, 15) is 0 Å². The van der Waals surface area contributed by atoms with Crippen LogP contribution in [0.2, 0.25) is 0 Å². The van der Waals surface area contributed by atoms with Crippen molar-refractivity contribution in [2.24, 2.45) is 5.84 Å². The molecule has 0 amide bonds. The number of fused-ring (bicyclic) bond motifs is 1. The third kappa shape index (κ3) is 1.82. The van der Waals surface area contributed by atoms with E-state index in [1.54, 1.807) is 11.3 Å². The summed E-state index contributed by atoms with van der Waals surface area (Å²) in [4.78, 5) is 4.49. The summed E-state index contributed by atoms with van der Waals surface area (Å²) in [6.07, 6.45) is 0. The Labute approximate surface area is 93.3 Å². The minimum atomic E-state index is 0.0485. The molecule has 0 atom stereocenters. The van der Waals surface area contributed by atoms with Gasteiger partial charge < -0.3 is 5.43 Å². The van der Waals surface area contributed by atoms with Crippen LogP contribution in [0.4, 0.5) is 5.82 Å². The summed E-state index contributed by atoms with van der Waals surface area (Å²) in [7, 11) is 0. The summed E-state index contributed by atoms with van der Waals surface area (Å²) in [5.41, 5.74) is 4.88. The van der Waals surface area contributed by atoms with Gasteiger partial charge in [0, 0.05) is 5.56 Å². The lowest BCUT2D eigenvalue weighted by Crippen LogP contribution is -2.18. The Morgan fingerprint density at radius 2 is 2.13 bits per heavy atom. The number of nitrogens with zero attached hydrogens (tertiary/aromatic N) is 1. The number of thiophene rings is 1. The highest BCUT2D eigenvalue weighted by Crippen LogP contribution is 2.32. The molecule has 0 spiro atoms. The normalized spacial score (nSPS) is 12.0. The maximum Gasteiger partial charge on any atom is 0.144 e. The van der Waals surface area contributed by atoms with Crippen molar-refractivity contribution in [3.63, 3.8) is 0 Å². The van der Waals surface area contributed by atoms with Crippen LogP contribution in [0, 0.1) is 0 Å². The second-order valence-electron chi connectivity index (χ2n) is 4.58. The molecule has 0 aliphatic rings. The molecule has 0 radical (unpaired) electrons. The van der Waals surface area contributed by atoms with Crippen molar-refractivity contribution >= 4 is 27.4 Å². The van der Waals surface area contributed by atoms with Crippen molar-refractivity contribution in [1.82, 2.24) is 4.98 Å². The summed E-state index contributed by atoms with van der Waals surface area (Å²) >= 11 is 1.71. The molecule has 15 heavy (non-hydrogen) atoms. The number of nitrogens with two attached hydrogens (primary N) is 1. The lowest BCUT2D eigenvalue weighted by atomic mass is 9.87. The zero-order valence-corrected chi connectivity index (χ0v) is 9.98. The molecular formula is C11H15N3S. The van der Waals surface area contributed by atoms with Crippen LogP contribution in [0.25, 0.3) is 10.2 Å². The highest BCUT2D eigenvalue weighted by Gasteiger charge is 2.19. The van der Waals surface area contributed by atoms with Crippen molar-refractivity contribution in [3.05, 3.63) is 23.1 Å². The number of hydrazine groups is 1. The van der Waals surface area contributed by atoms with Crippen LogP contribution in [0.5, 0.6) is 0 Å². The Kier molecular flexibility index (Phi) is 2.40. The van der Waals surface area contributed by atoms with E-state index in [2.05, 4.69) is 37.2 Å². The Morgan fingerprint density at radius 3 is 2.73 bits per heavy atom. The maximum atomic E-state index is 5.50. The molecule has 2 rings (SSSR count). The molecule has 0 aliphatic carbocycles. The molecule has 4 heteroatoms. The summed E-state index contributed by atoms with van der Waals surface area (Å²) in [5, 5.41) is 2.05. The molecule has 2 aromatic rings. The van der Waals surface area contributed by atoms with Gasteiger partial charge in [0.2, 0.25) is 0 Å². The number of hydrogen-bond acceptors (Lipinski definition) is 4. The summed E-state index contributed by atoms with van der Waals surface area (Å²) in [6.45, 7) is 6.47. The Hall–Kier alpha value is -1.13. The highest BCUT2D eigenvalue weighted by molar-refractivity contribution is 7.17. The minimum absolute atomic E-state index is 0.0485. The van der Waals surface area contributed by atoms with Gasteiger partial charge in [-0.1, -0.05) is 20.8 Å². The number of anilines is 1. The zero-order valence-electron chi connectivity index (χ0n) is 9.16. The largest absolute Gasteiger partial charge is 0.308 e. The monoisotopic (exact) mass is 221 g/mol. The summed E-state index contributed by atoms with van der Waals surface area (Å²) in [5.74, 6) is 6.27. The van der Waals surface area contributed by atoms with Gasteiger partial charge in [0.1, 0.15) is 5.82 Å². The van der Waals surface area contributed by atoms with E-state index in [-0.39, 0.29) is 5.41 Å². The number of rotatable bonds is 1. The molecule has 0 bridgehead atoms. The van der Waals surface area contributed by atoms with Gasteiger partial charge in [-0.3, -0.25) is 0 Å². The smallest absolute Gasteiger partial charge is 0.144 e. The molecule has 3 N–H and O–H groups in total. The second-order valence-corrected chi connectivity index (χ2v) is 5.53. The molecule has 0 aliphatic heterocycles. The number of nitrogen functional groups attached to an aromatic ring is 1. The van der Waals surface area contributed by atoms with Crippen molar-refractivity contribution in [2.45, 2.75) is 26.2 Å². The van der Waals surface area contributed by atoms with Gasteiger partial charge in [-0.15, -0.1) is 11.3 Å².